The molecule has 2 aromatic carbocycles. The molecule has 3 aromatic rings. The standard InChI is InChI=1S/C21H22N2O2S2/c1-14-19(27-21(22-14)16-9-5-4-6-10-16)13-26-15(2)20(24)23-17-11-7-8-12-18(17)25-3/h4-12,15H,13H2,1-3H3,(H,23,24). The van der Waals surface area contributed by atoms with Crippen molar-refractivity contribution in [2.45, 2.75) is 24.9 Å². The first-order valence-electron chi connectivity index (χ1n) is 8.65. The molecule has 27 heavy (non-hydrogen) atoms. The van der Waals surface area contributed by atoms with Gasteiger partial charge in [-0.2, -0.15) is 0 Å². The molecule has 1 heterocycles. The van der Waals surface area contributed by atoms with Gasteiger partial charge >= 0.3 is 0 Å². The summed E-state index contributed by atoms with van der Waals surface area (Å²) < 4.78 is 5.29. The zero-order valence-electron chi connectivity index (χ0n) is 15.6. The van der Waals surface area contributed by atoms with Crippen molar-refractivity contribution < 1.29 is 9.53 Å². The number of nitrogens with zero attached hydrogens (tertiary/aromatic N) is 1. The average molecular weight is 399 g/mol. The van der Waals surface area contributed by atoms with Gasteiger partial charge in [0, 0.05) is 16.2 Å². The number of aryl methyl sites for hydroxylation is 1. The van der Waals surface area contributed by atoms with Crippen LogP contribution in [0.15, 0.2) is 54.6 Å². The van der Waals surface area contributed by atoms with E-state index in [0.717, 1.165) is 22.0 Å². The lowest BCUT2D eigenvalue weighted by Crippen LogP contribution is -2.22. The summed E-state index contributed by atoms with van der Waals surface area (Å²) in [5.74, 6) is 1.39. The summed E-state index contributed by atoms with van der Waals surface area (Å²) in [5, 5.41) is 3.79. The van der Waals surface area contributed by atoms with E-state index in [-0.39, 0.29) is 11.2 Å². The molecule has 140 valence electrons. The molecular formula is C21H22N2O2S2. The molecular weight excluding hydrogens is 376 g/mol. The molecule has 0 spiro atoms. The minimum absolute atomic E-state index is 0.0325. The number of carbonyl (C=O) groups is 1. The van der Waals surface area contributed by atoms with Crippen molar-refractivity contribution >= 4 is 34.7 Å². The second-order valence-electron chi connectivity index (χ2n) is 6.04. The van der Waals surface area contributed by atoms with Gasteiger partial charge in [-0.3, -0.25) is 4.79 Å². The molecule has 0 bridgehead atoms. The minimum Gasteiger partial charge on any atom is -0.495 e. The normalized spacial score (nSPS) is 11.8. The maximum atomic E-state index is 12.5. The van der Waals surface area contributed by atoms with E-state index in [4.69, 9.17) is 4.74 Å². The fourth-order valence-electron chi connectivity index (χ4n) is 2.52. The van der Waals surface area contributed by atoms with Gasteiger partial charge in [0.05, 0.1) is 23.7 Å². The van der Waals surface area contributed by atoms with E-state index in [2.05, 4.69) is 22.4 Å². The van der Waals surface area contributed by atoms with Crippen molar-refractivity contribution in [1.82, 2.24) is 4.98 Å². The van der Waals surface area contributed by atoms with Crippen LogP contribution in [0.25, 0.3) is 10.6 Å². The molecule has 0 fully saturated rings. The molecule has 0 saturated heterocycles. The molecule has 4 nitrogen and oxygen atoms in total. The van der Waals surface area contributed by atoms with Crippen molar-refractivity contribution in [2.24, 2.45) is 0 Å². The van der Waals surface area contributed by atoms with E-state index in [1.54, 1.807) is 30.2 Å². The zero-order chi connectivity index (χ0) is 19.2. The molecule has 0 saturated carbocycles. The Hall–Kier alpha value is -2.31. The highest BCUT2D eigenvalue weighted by molar-refractivity contribution is 7.99. The summed E-state index contributed by atoms with van der Waals surface area (Å²) >= 11 is 3.30. The molecule has 6 heteroatoms. The predicted octanol–water partition coefficient (Wildman–Crippen LogP) is 5.39. The molecule has 1 N–H and O–H groups in total. The van der Waals surface area contributed by atoms with Crippen LogP contribution in [-0.2, 0) is 10.5 Å². The van der Waals surface area contributed by atoms with E-state index < -0.39 is 0 Å². The number of nitrogens with one attached hydrogen (secondary N) is 1. The Morgan fingerprint density at radius 1 is 1.19 bits per heavy atom. The Labute approximate surface area is 168 Å². The summed E-state index contributed by atoms with van der Waals surface area (Å²) in [7, 11) is 1.60. The van der Waals surface area contributed by atoms with Crippen molar-refractivity contribution in [3.8, 4) is 16.3 Å². The Kier molecular flexibility index (Phi) is 6.53. The van der Waals surface area contributed by atoms with Crippen LogP contribution < -0.4 is 10.1 Å². The SMILES string of the molecule is COc1ccccc1NC(=O)C(C)SCc1sc(-c2ccccc2)nc1C. The molecule has 0 aliphatic rings. The van der Waals surface area contributed by atoms with Crippen molar-refractivity contribution in [3.63, 3.8) is 0 Å². The number of rotatable bonds is 7. The molecule has 0 aliphatic heterocycles. The third-order valence-corrected chi connectivity index (χ3v) is 6.67. The van der Waals surface area contributed by atoms with Crippen LogP contribution in [0, 0.1) is 6.92 Å². The molecule has 0 aliphatic carbocycles. The molecule has 3 rings (SSSR count). The van der Waals surface area contributed by atoms with E-state index in [1.807, 2.05) is 56.3 Å². The maximum Gasteiger partial charge on any atom is 0.237 e. The van der Waals surface area contributed by atoms with Crippen LogP contribution in [0.3, 0.4) is 0 Å². The van der Waals surface area contributed by atoms with E-state index in [0.29, 0.717) is 11.4 Å². The lowest BCUT2D eigenvalue weighted by Gasteiger charge is -2.13. The number of methoxy groups -OCH3 is 1. The number of benzene rings is 2. The van der Waals surface area contributed by atoms with Crippen molar-refractivity contribution in [3.05, 3.63) is 65.2 Å². The van der Waals surface area contributed by atoms with E-state index in [9.17, 15) is 4.79 Å². The second kappa shape index (κ2) is 9.06. The van der Waals surface area contributed by atoms with Crippen LogP contribution >= 0.6 is 23.1 Å². The van der Waals surface area contributed by atoms with Crippen LogP contribution in [0.2, 0.25) is 0 Å². The molecule has 1 amide bonds. The number of thiazole rings is 1. The summed E-state index contributed by atoms with van der Waals surface area (Å²) in [6.45, 7) is 3.95. The van der Waals surface area contributed by atoms with Crippen molar-refractivity contribution in [2.75, 3.05) is 12.4 Å². The van der Waals surface area contributed by atoms with Crippen LogP contribution in [0.1, 0.15) is 17.5 Å². The molecule has 0 radical (unpaired) electrons. The van der Waals surface area contributed by atoms with Gasteiger partial charge in [-0.15, -0.1) is 23.1 Å². The maximum absolute atomic E-state index is 12.5. The minimum atomic E-state index is -0.184. The largest absolute Gasteiger partial charge is 0.495 e. The monoisotopic (exact) mass is 398 g/mol. The molecule has 1 unspecified atom stereocenters. The second-order valence-corrected chi connectivity index (χ2v) is 8.45. The van der Waals surface area contributed by atoms with Gasteiger partial charge in [0.25, 0.3) is 0 Å². The van der Waals surface area contributed by atoms with Gasteiger partial charge in [0.15, 0.2) is 0 Å². The number of para-hydroxylation sites is 2. The lowest BCUT2D eigenvalue weighted by atomic mass is 10.2. The number of aromatic nitrogens is 1. The first-order valence-corrected chi connectivity index (χ1v) is 10.5. The first kappa shape index (κ1) is 19.5. The number of thioether (sulfide) groups is 1. The smallest absolute Gasteiger partial charge is 0.237 e. The van der Waals surface area contributed by atoms with Crippen LogP contribution in [0.5, 0.6) is 5.75 Å². The van der Waals surface area contributed by atoms with Gasteiger partial charge < -0.3 is 10.1 Å². The van der Waals surface area contributed by atoms with Gasteiger partial charge in [0.2, 0.25) is 5.91 Å². The number of carbonyl (C=O) groups excluding carboxylic acids is 1. The number of amides is 1. The summed E-state index contributed by atoms with van der Waals surface area (Å²) in [6.07, 6.45) is 0. The Bertz CT molecular complexity index is 910. The van der Waals surface area contributed by atoms with Crippen molar-refractivity contribution in [1.29, 1.82) is 0 Å². The Morgan fingerprint density at radius 3 is 2.63 bits per heavy atom. The van der Waals surface area contributed by atoms with Gasteiger partial charge in [-0.1, -0.05) is 42.5 Å². The fourth-order valence-corrected chi connectivity index (χ4v) is 4.65. The Morgan fingerprint density at radius 2 is 1.89 bits per heavy atom. The third kappa shape index (κ3) is 4.90. The average Bonchev–Trinajstić information content (AvgIpc) is 3.07. The summed E-state index contributed by atoms with van der Waals surface area (Å²) in [5.41, 5.74) is 2.85. The predicted molar refractivity (Wildman–Crippen MR) is 115 cm³/mol. The quantitative estimate of drug-likeness (QED) is 0.580. The van der Waals surface area contributed by atoms with E-state index in [1.165, 1.54) is 4.88 Å². The number of ether oxygens (including phenoxy) is 1. The van der Waals surface area contributed by atoms with Gasteiger partial charge in [-0.25, -0.2) is 4.98 Å². The fraction of sp³-hybridized carbons (Fsp3) is 0.238. The zero-order valence-corrected chi connectivity index (χ0v) is 17.2. The molecule has 1 aromatic heterocycles. The number of anilines is 1. The first-order chi connectivity index (χ1) is 13.1. The van der Waals surface area contributed by atoms with Gasteiger partial charge in [0.1, 0.15) is 10.8 Å². The van der Waals surface area contributed by atoms with Crippen LogP contribution in [0.4, 0.5) is 5.69 Å². The highest BCUT2D eigenvalue weighted by Gasteiger charge is 2.17. The van der Waals surface area contributed by atoms with Gasteiger partial charge in [-0.05, 0) is 26.0 Å². The molecule has 1 atom stereocenters. The lowest BCUT2D eigenvalue weighted by molar-refractivity contribution is -0.115. The highest BCUT2D eigenvalue weighted by Crippen LogP contribution is 2.32. The summed E-state index contributed by atoms with van der Waals surface area (Å²) in [4.78, 5) is 18.4. The summed E-state index contributed by atoms with van der Waals surface area (Å²) in [6, 6.07) is 17.6. The number of hydrogen-bond donors (Lipinski definition) is 1. The van der Waals surface area contributed by atoms with E-state index >= 15 is 0 Å². The Balaban J connectivity index is 1.61. The number of hydrogen-bond acceptors (Lipinski definition) is 5. The third-order valence-electron chi connectivity index (χ3n) is 4.11. The topological polar surface area (TPSA) is 51.2 Å². The highest BCUT2D eigenvalue weighted by atomic mass is 32.2. The van der Waals surface area contributed by atoms with Crippen LogP contribution in [-0.4, -0.2) is 23.3 Å².